The van der Waals surface area contributed by atoms with Gasteiger partial charge < -0.3 is 10.7 Å². The van der Waals surface area contributed by atoms with Gasteiger partial charge in [0.2, 0.25) is 11.3 Å². The molecule has 10 heteroatoms. The summed E-state index contributed by atoms with van der Waals surface area (Å²) in [6.45, 7) is -0.173. The number of nitrogens with zero attached hydrogens (tertiary/aromatic N) is 2. The molecule has 0 atom stereocenters. The molecule has 0 unspecified atom stereocenters. The van der Waals surface area contributed by atoms with E-state index in [4.69, 9.17) is 5.73 Å². The van der Waals surface area contributed by atoms with Crippen LogP contribution in [-0.4, -0.2) is 29.1 Å². The fraction of sp³-hybridized carbons (Fsp3) is 0.100. The molecule has 1 amide bonds. The predicted molar refractivity (Wildman–Crippen MR) is 69.3 cm³/mol. The summed E-state index contributed by atoms with van der Waals surface area (Å²) >= 11 is 0. The summed E-state index contributed by atoms with van der Waals surface area (Å²) < 4.78 is 27.3. The highest BCUT2D eigenvalue weighted by Crippen LogP contribution is 2.11. The van der Waals surface area contributed by atoms with E-state index in [0.717, 1.165) is 12.3 Å². The van der Waals surface area contributed by atoms with Gasteiger partial charge in [0.1, 0.15) is 6.54 Å². The second-order valence-electron chi connectivity index (χ2n) is 3.87. The summed E-state index contributed by atoms with van der Waals surface area (Å²) in [5, 5.41) is 3.76. The number of nitrogens with one attached hydrogen (secondary N) is 2. The summed E-state index contributed by atoms with van der Waals surface area (Å²) in [4.78, 5) is 24.3. The lowest BCUT2D eigenvalue weighted by Crippen LogP contribution is -2.21. The largest absolute Gasteiger partial charge is 0.368 e. The number of rotatable bonds is 5. The standard InChI is InChI=1S/C10H11N5O4S/c11-10(17)6-15-5-7(3-13-15)14-20(18,19)9-4-12-2-1-8(9)16/h1-5,14H,6H2,(H2,11,17)(H,12,16). The highest BCUT2D eigenvalue weighted by Gasteiger charge is 2.18. The molecule has 2 rings (SSSR count). The number of sulfonamides is 1. The van der Waals surface area contributed by atoms with Crippen molar-refractivity contribution in [3.05, 3.63) is 41.1 Å². The number of aromatic amines is 1. The molecular weight excluding hydrogens is 286 g/mol. The molecule has 9 nitrogen and oxygen atoms in total. The number of pyridine rings is 1. The monoisotopic (exact) mass is 297 g/mol. The molecular formula is C10H11N5O4S. The van der Waals surface area contributed by atoms with E-state index in [1.165, 1.54) is 23.3 Å². The molecule has 2 aromatic heterocycles. The van der Waals surface area contributed by atoms with Gasteiger partial charge in [0.05, 0.1) is 11.9 Å². The predicted octanol–water partition coefficient (Wildman–Crippen LogP) is -1.14. The second kappa shape index (κ2) is 5.17. The zero-order chi connectivity index (χ0) is 14.8. The van der Waals surface area contributed by atoms with E-state index in [-0.39, 0.29) is 12.2 Å². The first-order valence-corrected chi connectivity index (χ1v) is 6.87. The number of hydrogen-bond donors (Lipinski definition) is 3. The first-order valence-electron chi connectivity index (χ1n) is 5.39. The van der Waals surface area contributed by atoms with Crippen molar-refractivity contribution in [1.82, 2.24) is 14.8 Å². The quantitative estimate of drug-likeness (QED) is 0.639. The number of carbonyl (C=O) groups is 1. The third-order valence-corrected chi connectivity index (χ3v) is 3.68. The van der Waals surface area contributed by atoms with Crippen molar-refractivity contribution in [2.45, 2.75) is 11.4 Å². The highest BCUT2D eigenvalue weighted by atomic mass is 32.2. The zero-order valence-electron chi connectivity index (χ0n) is 10.1. The van der Waals surface area contributed by atoms with Crippen molar-refractivity contribution in [2.75, 3.05) is 4.72 Å². The van der Waals surface area contributed by atoms with E-state index in [2.05, 4.69) is 14.8 Å². The number of primary amides is 1. The average molecular weight is 297 g/mol. The van der Waals surface area contributed by atoms with Gasteiger partial charge in [-0.1, -0.05) is 0 Å². The lowest BCUT2D eigenvalue weighted by Gasteiger charge is -2.04. The fourth-order valence-corrected chi connectivity index (χ4v) is 2.57. The van der Waals surface area contributed by atoms with Crippen molar-refractivity contribution in [2.24, 2.45) is 5.73 Å². The van der Waals surface area contributed by atoms with Crippen LogP contribution >= 0.6 is 0 Å². The van der Waals surface area contributed by atoms with E-state index >= 15 is 0 Å². The molecule has 0 aliphatic heterocycles. The summed E-state index contributed by atoms with van der Waals surface area (Å²) in [6.07, 6.45) is 4.90. The maximum Gasteiger partial charge on any atom is 0.267 e. The Hall–Kier alpha value is -2.62. The summed E-state index contributed by atoms with van der Waals surface area (Å²) in [6, 6.07) is 1.10. The average Bonchev–Trinajstić information content (AvgIpc) is 2.75. The van der Waals surface area contributed by atoms with Crippen molar-refractivity contribution < 1.29 is 13.2 Å². The minimum absolute atomic E-state index is 0.120. The third-order valence-electron chi connectivity index (χ3n) is 2.28. The van der Waals surface area contributed by atoms with Gasteiger partial charge in [0.25, 0.3) is 10.0 Å². The minimum atomic E-state index is -4.02. The van der Waals surface area contributed by atoms with E-state index in [0.29, 0.717) is 0 Å². The lowest BCUT2D eigenvalue weighted by molar-refractivity contribution is -0.118. The Bertz CT molecular complexity index is 792. The Labute approximate surface area is 113 Å². The first kappa shape index (κ1) is 13.8. The number of nitrogens with two attached hydrogens (primary N) is 1. The maximum atomic E-state index is 12.0. The van der Waals surface area contributed by atoms with Gasteiger partial charge in [-0.15, -0.1) is 0 Å². The molecule has 0 aliphatic rings. The van der Waals surface area contributed by atoms with Crippen LogP contribution in [0.1, 0.15) is 0 Å². The summed E-state index contributed by atoms with van der Waals surface area (Å²) in [5.41, 5.74) is 4.47. The lowest BCUT2D eigenvalue weighted by atomic mass is 10.5. The Morgan fingerprint density at radius 2 is 2.25 bits per heavy atom. The fourth-order valence-electron chi connectivity index (χ4n) is 1.48. The molecule has 106 valence electrons. The minimum Gasteiger partial charge on any atom is -0.368 e. The van der Waals surface area contributed by atoms with Crippen molar-refractivity contribution in [3.8, 4) is 0 Å². The summed E-state index contributed by atoms with van der Waals surface area (Å²) in [7, 11) is -4.02. The molecule has 0 fully saturated rings. The van der Waals surface area contributed by atoms with E-state index in [1.807, 2.05) is 0 Å². The second-order valence-corrected chi connectivity index (χ2v) is 5.52. The topological polar surface area (TPSA) is 140 Å². The van der Waals surface area contributed by atoms with Crippen LogP contribution in [0.15, 0.2) is 40.5 Å². The number of amides is 1. The molecule has 20 heavy (non-hydrogen) atoms. The van der Waals surface area contributed by atoms with Gasteiger partial charge in [0, 0.05) is 24.7 Å². The van der Waals surface area contributed by atoms with Crippen molar-refractivity contribution in [1.29, 1.82) is 0 Å². The third kappa shape index (κ3) is 3.03. The Morgan fingerprint density at radius 3 is 2.90 bits per heavy atom. The van der Waals surface area contributed by atoms with Crippen LogP contribution in [0.4, 0.5) is 5.69 Å². The zero-order valence-corrected chi connectivity index (χ0v) is 10.9. The SMILES string of the molecule is NC(=O)Cn1cc(NS(=O)(=O)c2c[nH]ccc2=O)cn1. The van der Waals surface area contributed by atoms with Gasteiger partial charge in [-0.05, 0) is 0 Å². The number of hydrogen-bond acceptors (Lipinski definition) is 5. The number of anilines is 1. The van der Waals surface area contributed by atoms with Crippen molar-refractivity contribution in [3.63, 3.8) is 0 Å². The molecule has 0 radical (unpaired) electrons. The van der Waals surface area contributed by atoms with Crippen LogP contribution < -0.4 is 15.9 Å². The molecule has 4 N–H and O–H groups in total. The highest BCUT2D eigenvalue weighted by molar-refractivity contribution is 7.92. The summed E-state index contributed by atoms with van der Waals surface area (Å²) in [5.74, 6) is -0.609. The molecule has 2 heterocycles. The molecule has 2 aromatic rings. The van der Waals surface area contributed by atoms with E-state index in [9.17, 15) is 18.0 Å². The van der Waals surface area contributed by atoms with Gasteiger partial charge in [0.15, 0.2) is 4.90 Å². The maximum absolute atomic E-state index is 12.0. The first-order chi connectivity index (χ1) is 9.38. The van der Waals surface area contributed by atoms with Gasteiger partial charge in [-0.2, -0.15) is 5.10 Å². The smallest absolute Gasteiger partial charge is 0.267 e. The van der Waals surface area contributed by atoms with Crippen LogP contribution in [0.5, 0.6) is 0 Å². The van der Waals surface area contributed by atoms with Gasteiger partial charge >= 0.3 is 0 Å². The molecule has 0 spiro atoms. The number of carbonyl (C=O) groups excluding carboxylic acids is 1. The Morgan fingerprint density at radius 1 is 1.50 bits per heavy atom. The van der Waals surface area contributed by atoms with Crippen LogP contribution in [0.25, 0.3) is 0 Å². The van der Waals surface area contributed by atoms with Crippen LogP contribution in [0.2, 0.25) is 0 Å². The Kier molecular flexibility index (Phi) is 3.57. The van der Waals surface area contributed by atoms with Crippen molar-refractivity contribution >= 4 is 21.6 Å². The van der Waals surface area contributed by atoms with Crippen LogP contribution in [0.3, 0.4) is 0 Å². The van der Waals surface area contributed by atoms with Crippen LogP contribution in [-0.2, 0) is 21.4 Å². The Balaban J connectivity index is 2.25. The number of H-pyrrole nitrogens is 1. The number of aromatic nitrogens is 3. The molecule has 0 bridgehead atoms. The van der Waals surface area contributed by atoms with Gasteiger partial charge in [-0.25, -0.2) is 8.42 Å². The molecule has 0 aliphatic carbocycles. The molecule has 0 saturated heterocycles. The molecule has 0 saturated carbocycles. The van der Waals surface area contributed by atoms with Crippen LogP contribution in [0, 0.1) is 0 Å². The van der Waals surface area contributed by atoms with E-state index in [1.54, 1.807) is 0 Å². The normalized spacial score (nSPS) is 11.2. The van der Waals surface area contributed by atoms with E-state index < -0.39 is 26.3 Å². The molecule has 0 aromatic carbocycles. The van der Waals surface area contributed by atoms with Gasteiger partial charge in [-0.3, -0.25) is 19.0 Å².